The van der Waals surface area contributed by atoms with Crippen LogP contribution in [0.2, 0.25) is 0 Å². The summed E-state index contributed by atoms with van der Waals surface area (Å²) >= 11 is 0. The predicted molar refractivity (Wildman–Crippen MR) is 223 cm³/mol. The molecule has 0 unspecified atom stereocenters. The molecule has 0 amide bonds. The third kappa shape index (κ3) is 4.85. The van der Waals surface area contributed by atoms with Crippen LogP contribution in [-0.2, 0) is 0 Å². The SMILES string of the molecule is c1ccc(-c2nc3cc(-c4ccc(-c5ccc(-c6nc7ccccc7o6)cc5)cc4)ccc3c3c2ccc2c4ccccc4n(-c4ccccc4)c23)cc1. The molecule has 0 N–H and O–H groups in total. The maximum absolute atomic E-state index is 5.99. The van der Waals surface area contributed by atoms with E-state index in [2.05, 4.69) is 173 Å². The Balaban J connectivity index is 1.05. The summed E-state index contributed by atoms with van der Waals surface area (Å²) in [5, 5.41) is 5.95. The normalized spacial score (nSPS) is 11.7. The fourth-order valence-electron chi connectivity index (χ4n) is 8.04. The van der Waals surface area contributed by atoms with Crippen molar-refractivity contribution in [2.45, 2.75) is 0 Å². The largest absolute Gasteiger partial charge is 0.436 e. The summed E-state index contributed by atoms with van der Waals surface area (Å²) in [5.41, 5.74) is 13.8. The van der Waals surface area contributed by atoms with Gasteiger partial charge in [-0.1, -0.05) is 140 Å². The van der Waals surface area contributed by atoms with Crippen molar-refractivity contribution in [2.75, 3.05) is 0 Å². The van der Waals surface area contributed by atoms with Crippen LogP contribution in [-0.4, -0.2) is 14.5 Å². The number of hydrogen-bond donors (Lipinski definition) is 0. The van der Waals surface area contributed by atoms with Gasteiger partial charge in [0, 0.05) is 43.7 Å². The smallest absolute Gasteiger partial charge is 0.227 e. The highest BCUT2D eigenvalue weighted by molar-refractivity contribution is 6.27. The summed E-state index contributed by atoms with van der Waals surface area (Å²) in [4.78, 5) is 10.1. The minimum atomic E-state index is 0.633. The number of pyridine rings is 1. The summed E-state index contributed by atoms with van der Waals surface area (Å²) in [6.07, 6.45) is 0. The van der Waals surface area contributed by atoms with Crippen LogP contribution in [0.5, 0.6) is 0 Å². The fraction of sp³-hybridized carbons (Fsp3) is 0. The van der Waals surface area contributed by atoms with Gasteiger partial charge in [0.2, 0.25) is 5.89 Å². The molecular weight excluding hydrogens is 659 g/mol. The van der Waals surface area contributed by atoms with Gasteiger partial charge < -0.3 is 8.98 Å². The van der Waals surface area contributed by atoms with E-state index in [0.717, 1.165) is 72.2 Å². The molecule has 252 valence electrons. The molecule has 3 heterocycles. The number of hydrogen-bond acceptors (Lipinski definition) is 3. The second-order valence-electron chi connectivity index (χ2n) is 13.8. The number of oxazole rings is 1. The van der Waals surface area contributed by atoms with E-state index in [-0.39, 0.29) is 0 Å². The molecule has 0 atom stereocenters. The molecule has 4 nitrogen and oxygen atoms in total. The van der Waals surface area contributed by atoms with Gasteiger partial charge in [0.25, 0.3) is 0 Å². The first kappa shape index (κ1) is 30.3. The van der Waals surface area contributed by atoms with Crippen LogP contribution in [0.3, 0.4) is 0 Å². The van der Waals surface area contributed by atoms with E-state index in [1.165, 1.54) is 27.2 Å². The van der Waals surface area contributed by atoms with E-state index in [1.807, 2.05) is 24.3 Å². The standard InChI is InChI=1S/C50H31N3O/c1-3-11-35(12-4-1)48-42-30-29-40-39-15-7-9-17-45(39)53(38-13-5-2-6-14-38)49(40)47(42)41-28-27-37(31-44(41)51-48)34-21-19-32(20-22-34)33-23-25-36(26-24-33)50-52-43-16-8-10-18-46(43)54-50/h1-31H. The Kier molecular flexibility index (Phi) is 6.82. The Hall–Kier alpha value is -7.30. The van der Waals surface area contributed by atoms with Gasteiger partial charge in [-0.3, -0.25) is 0 Å². The first-order valence-corrected chi connectivity index (χ1v) is 18.2. The van der Waals surface area contributed by atoms with Crippen LogP contribution in [0.15, 0.2) is 192 Å². The topological polar surface area (TPSA) is 43.9 Å². The number of benzene rings is 8. The zero-order valence-electron chi connectivity index (χ0n) is 29.1. The van der Waals surface area contributed by atoms with Crippen molar-refractivity contribution < 1.29 is 4.42 Å². The lowest BCUT2D eigenvalue weighted by Gasteiger charge is -2.15. The Morgan fingerprint density at radius 3 is 1.74 bits per heavy atom. The van der Waals surface area contributed by atoms with Crippen molar-refractivity contribution in [2.24, 2.45) is 0 Å². The third-order valence-electron chi connectivity index (χ3n) is 10.6. The average Bonchev–Trinajstić information content (AvgIpc) is 3.84. The van der Waals surface area contributed by atoms with Crippen LogP contribution in [0.25, 0.3) is 105 Å². The molecule has 0 fully saturated rings. The van der Waals surface area contributed by atoms with Crippen molar-refractivity contribution in [1.29, 1.82) is 0 Å². The molecule has 0 spiro atoms. The monoisotopic (exact) mass is 689 g/mol. The molecule has 0 aliphatic rings. The van der Waals surface area contributed by atoms with E-state index >= 15 is 0 Å². The molecule has 3 aromatic heterocycles. The van der Waals surface area contributed by atoms with Gasteiger partial charge in [0.05, 0.1) is 22.2 Å². The van der Waals surface area contributed by atoms with Crippen molar-refractivity contribution in [3.8, 4) is 50.7 Å². The zero-order valence-corrected chi connectivity index (χ0v) is 29.1. The molecule has 0 bridgehead atoms. The van der Waals surface area contributed by atoms with Gasteiger partial charge >= 0.3 is 0 Å². The molecule has 0 aliphatic heterocycles. The van der Waals surface area contributed by atoms with Crippen LogP contribution >= 0.6 is 0 Å². The van der Waals surface area contributed by atoms with Crippen molar-refractivity contribution >= 4 is 54.6 Å². The maximum atomic E-state index is 5.99. The minimum Gasteiger partial charge on any atom is -0.436 e. The van der Waals surface area contributed by atoms with E-state index < -0.39 is 0 Å². The van der Waals surface area contributed by atoms with Gasteiger partial charge in [-0.05, 0) is 70.8 Å². The molecule has 11 aromatic rings. The molecule has 54 heavy (non-hydrogen) atoms. The number of para-hydroxylation sites is 4. The highest BCUT2D eigenvalue weighted by atomic mass is 16.3. The molecule has 11 rings (SSSR count). The molecule has 0 aliphatic carbocycles. The second kappa shape index (κ2) is 12.1. The Labute approximate surface area is 311 Å². The highest BCUT2D eigenvalue weighted by Crippen LogP contribution is 2.42. The third-order valence-corrected chi connectivity index (χ3v) is 10.6. The molecule has 0 saturated carbocycles. The van der Waals surface area contributed by atoms with Crippen LogP contribution in [0.1, 0.15) is 0 Å². The molecular formula is C50H31N3O. The minimum absolute atomic E-state index is 0.633. The summed E-state index contributed by atoms with van der Waals surface area (Å²) in [5.74, 6) is 0.633. The lowest BCUT2D eigenvalue weighted by molar-refractivity contribution is 0.620. The fourth-order valence-corrected chi connectivity index (χ4v) is 8.04. The van der Waals surface area contributed by atoms with Gasteiger partial charge in [-0.25, -0.2) is 9.97 Å². The Morgan fingerprint density at radius 2 is 0.981 bits per heavy atom. The maximum Gasteiger partial charge on any atom is 0.227 e. The van der Waals surface area contributed by atoms with Crippen molar-refractivity contribution in [1.82, 2.24) is 14.5 Å². The van der Waals surface area contributed by atoms with Crippen LogP contribution < -0.4 is 0 Å². The van der Waals surface area contributed by atoms with Crippen LogP contribution in [0.4, 0.5) is 0 Å². The predicted octanol–water partition coefficient (Wildman–Crippen LogP) is 13.3. The molecule has 0 saturated heterocycles. The van der Waals surface area contributed by atoms with Gasteiger partial charge in [-0.2, -0.15) is 0 Å². The lowest BCUT2D eigenvalue weighted by Crippen LogP contribution is -1.96. The molecule has 4 heteroatoms. The first-order chi connectivity index (χ1) is 26.8. The van der Waals surface area contributed by atoms with E-state index in [9.17, 15) is 0 Å². The molecule has 0 radical (unpaired) electrons. The Bertz CT molecular complexity index is 3150. The van der Waals surface area contributed by atoms with E-state index in [4.69, 9.17) is 9.40 Å². The van der Waals surface area contributed by atoms with E-state index in [0.29, 0.717) is 5.89 Å². The van der Waals surface area contributed by atoms with Crippen molar-refractivity contribution in [3.63, 3.8) is 0 Å². The average molecular weight is 690 g/mol. The summed E-state index contributed by atoms with van der Waals surface area (Å²) < 4.78 is 8.42. The number of rotatable bonds is 5. The van der Waals surface area contributed by atoms with Crippen molar-refractivity contribution in [3.05, 3.63) is 188 Å². The second-order valence-corrected chi connectivity index (χ2v) is 13.8. The summed E-state index contributed by atoms with van der Waals surface area (Å²) in [6.45, 7) is 0. The van der Waals surface area contributed by atoms with Gasteiger partial charge in [0.15, 0.2) is 5.58 Å². The number of nitrogens with zero attached hydrogens (tertiary/aromatic N) is 3. The Morgan fingerprint density at radius 1 is 0.389 bits per heavy atom. The highest BCUT2D eigenvalue weighted by Gasteiger charge is 2.20. The quantitative estimate of drug-likeness (QED) is 0.169. The lowest BCUT2D eigenvalue weighted by atomic mass is 9.95. The van der Waals surface area contributed by atoms with Gasteiger partial charge in [0.1, 0.15) is 5.52 Å². The van der Waals surface area contributed by atoms with E-state index in [1.54, 1.807) is 0 Å². The van der Waals surface area contributed by atoms with Crippen LogP contribution in [0, 0.1) is 0 Å². The zero-order chi connectivity index (χ0) is 35.6. The number of fused-ring (bicyclic) bond motifs is 8. The van der Waals surface area contributed by atoms with Gasteiger partial charge in [-0.15, -0.1) is 0 Å². The summed E-state index contributed by atoms with van der Waals surface area (Å²) in [7, 11) is 0. The summed E-state index contributed by atoms with van der Waals surface area (Å²) in [6, 6.07) is 66.3. The first-order valence-electron chi connectivity index (χ1n) is 18.2. The number of aromatic nitrogens is 3. The molecule has 8 aromatic carbocycles.